The first-order valence-electron chi connectivity index (χ1n) is 11.9. The highest BCUT2D eigenvalue weighted by Gasteiger charge is 2.28. The molecule has 0 saturated carbocycles. The van der Waals surface area contributed by atoms with Crippen LogP contribution in [0.5, 0.6) is 5.75 Å². The highest BCUT2D eigenvalue weighted by atomic mass is 79.9. The van der Waals surface area contributed by atoms with Crippen molar-refractivity contribution >= 4 is 25.8 Å². The summed E-state index contributed by atoms with van der Waals surface area (Å²) < 4.78 is 27.6. The topological polar surface area (TPSA) is 89.3 Å². The maximum atomic E-state index is 13.0. The van der Waals surface area contributed by atoms with Crippen LogP contribution < -0.4 is 5.56 Å². The Labute approximate surface area is 206 Å². The lowest BCUT2D eigenvalue weighted by atomic mass is 9.99. The summed E-state index contributed by atoms with van der Waals surface area (Å²) in [5.74, 6) is -0.673. The van der Waals surface area contributed by atoms with E-state index in [2.05, 4.69) is 28.0 Å². The minimum atomic E-state index is -3.84. The third kappa shape index (κ3) is 7.41. The summed E-state index contributed by atoms with van der Waals surface area (Å²) in [5, 5.41) is 14.4. The second-order valence-corrected chi connectivity index (χ2v) is 11.8. The first-order valence-corrected chi connectivity index (χ1v) is 14.3. The number of benzene rings is 1. The van der Waals surface area contributed by atoms with Crippen molar-refractivity contribution in [2.75, 3.05) is 5.75 Å². The monoisotopic (exact) mass is 540 g/mol. The van der Waals surface area contributed by atoms with E-state index in [9.17, 15) is 18.3 Å². The molecule has 0 unspecified atom stereocenters. The van der Waals surface area contributed by atoms with Crippen molar-refractivity contribution in [3.05, 3.63) is 38.1 Å². The van der Waals surface area contributed by atoms with Crippen LogP contribution in [0.1, 0.15) is 82.3 Å². The third-order valence-corrected chi connectivity index (χ3v) is 8.25. The van der Waals surface area contributed by atoms with Crippen LogP contribution in [0.2, 0.25) is 0 Å². The van der Waals surface area contributed by atoms with E-state index >= 15 is 0 Å². The van der Waals surface area contributed by atoms with E-state index in [4.69, 9.17) is 0 Å². The largest absolute Gasteiger partial charge is 0.504 e. The average Bonchev–Trinajstić information content (AvgIpc) is 2.73. The van der Waals surface area contributed by atoms with E-state index in [0.717, 1.165) is 35.1 Å². The zero-order valence-corrected chi connectivity index (χ0v) is 22.7. The van der Waals surface area contributed by atoms with E-state index in [1.807, 2.05) is 26.0 Å². The fourth-order valence-electron chi connectivity index (χ4n) is 4.14. The van der Waals surface area contributed by atoms with Gasteiger partial charge in [-0.2, -0.15) is 5.10 Å². The van der Waals surface area contributed by atoms with Crippen LogP contribution in [0, 0.1) is 13.8 Å². The van der Waals surface area contributed by atoms with E-state index in [1.165, 1.54) is 45.6 Å². The van der Waals surface area contributed by atoms with Gasteiger partial charge in [-0.05, 0) is 37.5 Å². The van der Waals surface area contributed by atoms with E-state index in [0.29, 0.717) is 16.5 Å². The maximum Gasteiger partial charge on any atom is 0.278 e. The molecule has 0 aliphatic rings. The van der Waals surface area contributed by atoms with Gasteiger partial charge in [-0.15, -0.1) is 0 Å². The van der Waals surface area contributed by atoms with Gasteiger partial charge in [0.25, 0.3) is 5.56 Å². The number of aryl methyl sites for hydroxylation is 3. The third-order valence-electron chi connectivity index (χ3n) is 5.93. The van der Waals surface area contributed by atoms with Crippen LogP contribution in [-0.2, 0) is 16.9 Å². The molecule has 1 N–H and O–H groups in total. The van der Waals surface area contributed by atoms with Crippen molar-refractivity contribution < 1.29 is 13.5 Å². The predicted octanol–water partition coefficient (Wildman–Crippen LogP) is 6.23. The molecule has 0 aliphatic carbocycles. The van der Waals surface area contributed by atoms with Gasteiger partial charge in [-0.1, -0.05) is 86.7 Å². The molecule has 0 bridgehead atoms. The molecule has 2 rings (SSSR count). The number of nitrogens with zero attached hydrogens (tertiary/aromatic N) is 2. The summed E-state index contributed by atoms with van der Waals surface area (Å²) in [7, 11) is -2.43. The number of rotatable bonds is 13. The number of unbranched alkanes of at least 4 members (excludes halogenated alkanes) is 9. The molecule has 0 spiro atoms. The molecule has 0 radical (unpaired) electrons. The van der Waals surface area contributed by atoms with Gasteiger partial charge in [0.2, 0.25) is 14.9 Å². The number of hydrogen-bond acceptors (Lipinski definition) is 5. The first kappa shape index (κ1) is 27.6. The summed E-state index contributed by atoms with van der Waals surface area (Å²) in [5.41, 5.74) is 1.65. The van der Waals surface area contributed by atoms with Gasteiger partial charge < -0.3 is 5.11 Å². The highest BCUT2D eigenvalue weighted by molar-refractivity contribution is 9.10. The van der Waals surface area contributed by atoms with Gasteiger partial charge in [0.05, 0.1) is 11.3 Å². The summed E-state index contributed by atoms with van der Waals surface area (Å²) >= 11 is 3.46. The van der Waals surface area contributed by atoms with Gasteiger partial charge in [-0.3, -0.25) is 4.79 Å². The highest BCUT2D eigenvalue weighted by Crippen LogP contribution is 2.38. The van der Waals surface area contributed by atoms with Crippen molar-refractivity contribution in [2.45, 2.75) is 90.0 Å². The lowest BCUT2D eigenvalue weighted by molar-refractivity contribution is 0.440. The van der Waals surface area contributed by atoms with Gasteiger partial charge in [0.15, 0.2) is 5.75 Å². The van der Waals surface area contributed by atoms with Crippen LogP contribution in [0.25, 0.3) is 11.1 Å². The predicted molar refractivity (Wildman–Crippen MR) is 138 cm³/mol. The average molecular weight is 542 g/mol. The van der Waals surface area contributed by atoms with Crippen molar-refractivity contribution in [1.29, 1.82) is 0 Å². The molecule has 0 saturated heterocycles. The smallest absolute Gasteiger partial charge is 0.278 e. The fraction of sp³-hybridized carbons (Fsp3) is 0.600. The Kier molecular flexibility index (Phi) is 10.6. The Hall–Kier alpha value is -1.67. The van der Waals surface area contributed by atoms with Crippen LogP contribution >= 0.6 is 15.9 Å². The molecule has 2 aromatic rings. The lowest BCUT2D eigenvalue weighted by Crippen LogP contribution is -2.25. The molecular formula is C25H37BrN2O4S. The SMILES string of the molecule is CCCCCCCCCCCCS(=O)(=O)c1nn(C)c(=O)c(-c2c(C)cc(C)cc2Br)c1O. The Morgan fingerprint density at radius 2 is 1.48 bits per heavy atom. The number of sulfone groups is 1. The molecule has 0 atom stereocenters. The van der Waals surface area contributed by atoms with Crippen LogP contribution in [0.4, 0.5) is 0 Å². The van der Waals surface area contributed by atoms with Crippen LogP contribution in [-0.4, -0.2) is 29.1 Å². The zero-order chi connectivity index (χ0) is 24.6. The molecule has 0 fully saturated rings. The van der Waals surface area contributed by atoms with E-state index in [-0.39, 0.29) is 11.3 Å². The van der Waals surface area contributed by atoms with E-state index in [1.54, 1.807) is 0 Å². The van der Waals surface area contributed by atoms with Crippen molar-refractivity contribution in [1.82, 2.24) is 9.78 Å². The molecule has 184 valence electrons. The number of aromatic nitrogens is 2. The normalized spacial score (nSPS) is 11.8. The molecule has 8 heteroatoms. The fourth-order valence-corrected chi connectivity index (χ4v) is 6.44. The number of halogens is 1. The molecule has 1 aromatic carbocycles. The van der Waals surface area contributed by atoms with Gasteiger partial charge in [0, 0.05) is 17.1 Å². The van der Waals surface area contributed by atoms with Crippen molar-refractivity contribution in [2.24, 2.45) is 7.05 Å². The molecule has 0 amide bonds. The number of aromatic hydroxyl groups is 1. The lowest BCUT2D eigenvalue weighted by Gasteiger charge is -2.15. The molecule has 6 nitrogen and oxygen atoms in total. The van der Waals surface area contributed by atoms with Crippen molar-refractivity contribution in [3.63, 3.8) is 0 Å². The summed E-state index contributed by atoms with van der Waals surface area (Å²) in [6.07, 6.45) is 11.0. The Morgan fingerprint density at radius 1 is 0.939 bits per heavy atom. The second-order valence-electron chi connectivity index (χ2n) is 8.90. The zero-order valence-electron chi connectivity index (χ0n) is 20.3. The molecule has 33 heavy (non-hydrogen) atoms. The minimum absolute atomic E-state index is 0.0430. The summed E-state index contributed by atoms with van der Waals surface area (Å²) in [6.45, 7) is 5.96. The van der Waals surface area contributed by atoms with E-state index < -0.39 is 26.2 Å². The Balaban J connectivity index is 2.12. The van der Waals surface area contributed by atoms with Crippen LogP contribution in [0.3, 0.4) is 0 Å². The van der Waals surface area contributed by atoms with Gasteiger partial charge >= 0.3 is 0 Å². The Bertz CT molecular complexity index is 1090. The molecular weight excluding hydrogens is 504 g/mol. The maximum absolute atomic E-state index is 13.0. The first-order chi connectivity index (χ1) is 15.6. The Morgan fingerprint density at radius 3 is 2.03 bits per heavy atom. The molecule has 1 aromatic heterocycles. The quantitative estimate of drug-likeness (QED) is 0.304. The summed E-state index contributed by atoms with van der Waals surface area (Å²) in [6, 6.07) is 3.72. The number of hydrogen-bond donors (Lipinski definition) is 1. The van der Waals surface area contributed by atoms with Crippen LogP contribution in [0.15, 0.2) is 26.4 Å². The minimum Gasteiger partial charge on any atom is -0.504 e. The van der Waals surface area contributed by atoms with Gasteiger partial charge in [-0.25, -0.2) is 13.1 Å². The second kappa shape index (κ2) is 12.7. The van der Waals surface area contributed by atoms with Gasteiger partial charge in [0.1, 0.15) is 0 Å². The molecule has 1 heterocycles. The van der Waals surface area contributed by atoms with Crippen molar-refractivity contribution in [3.8, 4) is 16.9 Å². The molecule has 0 aliphatic heterocycles. The standard InChI is InChI=1S/C25H37BrN2O4S/c1-5-6-7-8-9-10-11-12-13-14-15-33(31,32)24-23(29)22(25(30)28(4)27-24)21-19(3)16-18(2)17-20(21)26/h16-17,29H,5-15H2,1-4H3. The summed E-state index contributed by atoms with van der Waals surface area (Å²) in [4.78, 5) is 12.8.